The molecule has 2 aromatic rings. The minimum absolute atomic E-state index is 0.00892. The van der Waals surface area contributed by atoms with Gasteiger partial charge in [0.25, 0.3) is 5.91 Å². The molecule has 26 heavy (non-hydrogen) atoms. The molecule has 1 aliphatic rings. The Balaban J connectivity index is 1.89. The van der Waals surface area contributed by atoms with E-state index < -0.39 is 29.2 Å². The fourth-order valence-corrected chi connectivity index (χ4v) is 2.92. The predicted molar refractivity (Wildman–Crippen MR) is 84.4 cm³/mol. The quantitative estimate of drug-likeness (QED) is 0.847. The predicted octanol–water partition coefficient (Wildman–Crippen LogP) is 2.80. The summed E-state index contributed by atoms with van der Waals surface area (Å²) < 4.78 is 44.4. The number of amides is 1. The van der Waals surface area contributed by atoms with Crippen molar-refractivity contribution in [1.29, 1.82) is 0 Å². The number of aromatic amines is 1. The third-order valence-corrected chi connectivity index (χ3v) is 4.15. The molecule has 2 heterocycles. The van der Waals surface area contributed by atoms with Gasteiger partial charge in [-0.05, 0) is 19.1 Å². The van der Waals surface area contributed by atoms with Gasteiger partial charge in [0, 0.05) is 24.2 Å². The highest BCUT2D eigenvalue weighted by Gasteiger charge is 2.37. The van der Waals surface area contributed by atoms with E-state index in [2.05, 4.69) is 10.2 Å². The molecule has 0 fully saturated rings. The molecule has 1 aromatic carbocycles. The molecular formula is C17H16F3N3O3. The van der Waals surface area contributed by atoms with Crippen molar-refractivity contribution in [3.05, 3.63) is 52.3 Å². The maximum Gasteiger partial charge on any atom is 0.417 e. The molecule has 9 heteroatoms. The van der Waals surface area contributed by atoms with E-state index in [1.54, 1.807) is 6.92 Å². The Morgan fingerprint density at radius 2 is 2.04 bits per heavy atom. The van der Waals surface area contributed by atoms with Crippen LogP contribution in [-0.4, -0.2) is 40.1 Å². The molecule has 6 nitrogen and oxygen atoms in total. The Kier molecular flexibility index (Phi) is 4.71. The first kappa shape index (κ1) is 18.0. The minimum atomic E-state index is -4.63. The fraction of sp³-hybridized carbons (Fsp3) is 0.353. The number of nitrogens with one attached hydrogen (secondary N) is 1. The second kappa shape index (κ2) is 6.81. The number of ether oxygens (including phenoxy) is 1. The standard InChI is InChI=1S/C17H16F3N3O3/c1-2-26-16(25)14-11-9-23(8-7-13(11)21-22-14)15(24)10-5-3-4-6-12(10)17(18,19)20/h3-6H,2,7-9H2,1H3,(H,21,22). The number of halogens is 3. The summed E-state index contributed by atoms with van der Waals surface area (Å²) in [5.41, 5.74) is -0.171. The highest BCUT2D eigenvalue weighted by Crippen LogP contribution is 2.33. The molecule has 0 spiro atoms. The summed E-state index contributed by atoms with van der Waals surface area (Å²) in [7, 11) is 0. The minimum Gasteiger partial charge on any atom is -0.461 e. The summed E-state index contributed by atoms with van der Waals surface area (Å²) in [6.45, 7) is 2.04. The Bertz CT molecular complexity index is 845. The van der Waals surface area contributed by atoms with Crippen molar-refractivity contribution in [2.75, 3.05) is 13.2 Å². The Labute approximate surface area is 146 Å². The molecule has 0 aliphatic carbocycles. The van der Waals surface area contributed by atoms with Gasteiger partial charge in [0.1, 0.15) is 0 Å². The number of benzene rings is 1. The number of nitrogens with zero attached hydrogens (tertiary/aromatic N) is 2. The zero-order valence-corrected chi connectivity index (χ0v) is 13.9. The van der Waals surface area contributed by atoms with Gasteiger partial charge in [-0.1, -0.05) is 12.1 Å². The number of carbonyl (C=O) groups excluding carboxylic acids is 2. The highest BCUT2D eigenvalue weighted by atomic mass is 19.4. The van der Waals surface area contributed by atoms with Crippen LogP contribution in [0.4, 0.5) is 13.2 Å². The average molecular weight is 367 g/mol. The van der Waals surface area contributed by atoms with Crippen LogP contribution < -0.4 is 0 Å². The normalized spacial score (nSPS) is 14.1. The van der Waals surface area contributed by atoms with Crippen molar-refractivity contribution in [2.45, 2.75) is 26.1 Å². The van der Waals surface area contributed by atoms with Crippen LogP contribution in [0.5, 0.6) is 0 Å². The van der Waals surface area contributed by atoms with E-state index in [0.29, 0.717) is 17.7 Å². The van der Waals surface area contributed by atoms with Gasteiger partial charge in [-0.3, -0.25) is 9.89 Å². The summed E-state index contributed by atoms with van der Waals surface area (Å²) in [6.07, 6.45) is -4.26. The van der Waals surface area contributed by atoms with Crippen molar-refractivity contribution in [3.63, 3.8) is 0 Å². The van der Waals surface area contributed by atoms with E-state index in [4.69, 9.17) is 4.74 Å². The van der Waals surface area contributed by atoms with Gasteiger partial charge in [0.15, 0.2) is 5.69 Å². The lowest BCUT2D eigenvalue weighted by atomic mass is 10.0. The number of H-pyrrole nitrogens is 1. The lowest BCUT2D eigenvalue weighted by Crippen LogP contribution is -2.37. The van der Waals surface area contributed by atoms with Gasteiger partial charge in [-0.25, -0.2) is 4.79 Å². The van der Waals surface area contributed by atoms with E-state index in [0.717, 1.165) is 12.1 Å². The van der Waals surface area contributed by atoms with Gasteiger partial charge < -0.3 is 9.64 Å². The zero-order valence-electron chi connectivity index (χ0n) is 13.9. The lowest BCUT2D eigenvalue weighted by Gasteiger charge is -2.28. The van der Waals surface area contributed by atoms with Gasteiger partial charge in [0.05, 0.1) is 24.3 Å². The molecule has 3 rings (SSSR count). The van der Waals surface area contributed by atoms with Crippen molar-refractivity contribution in [1.82, 2.24) is 15.1 Å². The van der Waals surface area contributed by atoms with Crippen LogP contribution in [0.25, 0.3) is 0 Å². The largest absolute Gasteiger partial charge is 0.461 e. The van der Waals surface area contributed by atoms with Crippen LogP contribution in [0.15, 0.2) is 24.3 Å². The second-order valence-electron chi connectivity index (χ2n) is 5.77. The first-order valence-electron chi connectivity index (χ1n) is 8.01. The van der Waals surface area contributed by atoms with Gasteiger partial charge in [0.2, 0.25) is 0 Å². The molecule has 0 bridgehead atoms. The Hall–Kier alpha value is -2.84. The molecule has 138 valence electrons. The monoisotopic (exact) mass is 367 g/mol. The van der Waals surface area contributed by atoms with E-state index in [9.17, 15) is 22.8 Å². The number of hydrogen-bond acceptors (Lipinski definition) is 4. The number of aromatic nitrogens is 2. The average Bonchev–Trinajstić information content (AvgIpc) is 3.04. The SMILES string of the molecule is CCOC(=O)c1n[nH]c2c1CN(C(=O)c1ccccc1C(F)(F)F)CC2. The Morgan fingerprint density at radius 3 is 2.73 bits per heavy atom. The summed E-state index contributed by atoms with van der Waals surface area (Å²) in [5.74, 6) is -1.37. The molecule has 1 N–H and O–H groups in total. The van der Waals surface area contributed by atoms with Crippen LogP contribution in [-0.2, 0) is 23.9 Å². The third-order valence-electron chi connectivity index (χ3n) is 4.15. The second-order valence-corrected chi connectivity index (χ2v) is 5.77. The van der Waals surface area contributed by atoms with Gasteiger partial charge >= 0.3 is 12.1 Å². The van der Waals surface area contributed by atoms with Crippen molar-refractivity contribution >= 4 is 11.9 Å². The molecule has 0 saturated carbocycles. The topological polar surface area (TPSA) is 75.3 Å². The van der Waals surface area contributed by atoms with E-state index in [-0.39, 0.29) is 25.4 Å². The summed E-state index contributed by atoms with van der Waals surface area (Å²) in [4.78, 5) is 25.9. The molecule has 0 unspecified atom stereocenters. The van der Waals surface area contributed by atoms with Gasteiger partial charge in [-0.15, -0.1) is 0 Å². The van der Waals surface area contributed by atoms with E-state index in [1.165, 1.54) is 17.0 Å². The van der Waals surface area contributed by atoms with E-state index >= 15 is 0 Å². The molecule has 0 atom stereocenters. The molecule has 0 saturated heterocycles. The molecule has 1 aromatic heterocycles. The maximum absolute atomic E-state index is 13.2. The number of fused-ring (bicyclic) bond motifs is 1. The van der Waals surface area contributed by atoms with Crippen molar-refractivity contribution < 1.29 is 27.5 Å². The number of carbonyl (C=O) groups is 2. The fourth-order valence-electron chi connectivity index (χ4n) is 2.92. The summed E-state index contributed by atoms with van der Waals surface area (Å²) in [5, 5.41) is 6.65. The number of rotatable bonds is 3. The first-order chi connectivity index (χ1) is 12.3. The summed E-state index contributed by atoms with van der Waals surface area (Å²) in [6, 6.07) is 4.66. The molecule has 1 amide bonds. The lowest BCUT2D eigenvalue weighted by molar-refractivity contribution is -0.138. The van der Waals surface area contributed by atoms with Crippen molar-refractivity contribution in [3.8, 4) is 0 Å². The smallest absolute Gasteiger partial charge is 0.417 e. The number of alkyl halides is 3. The van der Waals surface area contributed by atoms with Crippen LogP contribution in [0, 0.1) is 0 Å². The zero-order chi connectivity index (χ0) is 18.9. The van der Waals surface area contributed by atoms with Gasteiger partial charge in [-0.2, -0.15) is 18.3 Å². The highest BCUT2D eigenvalue weighted by molar-refractivity contribution is 5.96. The summed E-state index contributed by atoms with van der Waals surface area (Å²) >= 11 is 0. The molecule has 1 aliphatic heterocycles. The maximum atomic E-state index is 13.2. The third kappa shape index (κ3) is 3.29. The van der Waals surface area contributed by atoms with Crippen LogP contribution in [0.2, 0.25) is 0 Å². The molecular weight excluding hydrogens is 351 g/mol. The number of hydrogen-bond donors (Lipinski definition) is 1. The van der Waals surface area contributed by atoms with E-state index in [1.807, 2.05) is 0 Å². The first-order valence-corrected chi connectivity index (χ1v) is 8.01. The Morgan fingerprint density at radius 1 is 1.31 bits per heavy atom. The molecule has 0 radical (unpaired) electrons. The van der Waals surface area contributed by atoms with Crippen LogP contribution in [0.1, 0.15) is 44.6 Å². The van der Waals surface area contributed by atoms with Crippen LogP contribution in [0.3, 0.4) is 0 Å². The van der Waals surface area contributed by atoms with Crippen LogP contribution >= 0.6 is 0 Å². The van der Waals surface area contributed by atoms with Crippen molar-refractivity contribution in [2.24, 2.45) is 0 Å². The number of esters is 1.